The maximum atomic E-state index is 12.1. The fourth-order valence-electron chi connectivity index (χ4n) is 3.00. The maximum absolute atomic E-state index is 12.1. The number of ether oxygens (including phenoxy) is 1. The van der Waals surface area contributed by atoms with Crippen molar-refractivity contribution < 1.29 is 23.8 Å². The molecule has 0 aliphatic rings. The van der Waals surface area contributed by atoms with Crippen LogP contribution in [0.1, 0.15) is 15.9 Å². The lowest BCUT2D eigenvalue weighted by atomic mass is 10.2. The number of benzene rings is 3. The molecule has 7 heteroatoms. The molecule has 0 aliphatic carbocycles. The normalized spacial score (nSPS) is 10.7. The van der Waals surface area contributed by atoms with Crippen molar-refractivity contribution in [1.29, 1.82) is 0 Å². The first-order valence-corrected chi connectivity index (χ1v) is 9.23. The Hall–Kier alpha value is -4.13. The number of carboxylic acid groups (broad SMARTS) is 1. The number of anilines is 1. The number of aromatic nitrogens is 1. The molecule has 3 aromatic carbocycles. The molecule has 30 heavy (non-hydrogen) atoms. The van der Waals surface area contributed by atoms with E-state index >= 15 is 0 Å². The van der Waals surface area contributed by atoms with Crippen molar-refractivity contribution in [3.05, 3.63) is 77.9 Å². The Morgan fingerprint density at radius 3 is 2.53 bits per heavy atom. The maximum Gasteiger partial charge on any atom is 0.339 e. The van der Waals surface area contributed by atoms with E-state index in [4.69, 9.17) is 9.15 Å². The second-order valence-electron chi connectivity index (χ2n) is 6.66. The van der Waals surface area contributed by atoms with Crippen LogP contribution in [0.2, 0.25) is 0 Å². The summed E-state index contributed by atoms with van der Waals surface area (Å²) in [6.07, 6.45) is 0. The summed E-state index contributed by atoms with van der Waals surface area (Å²) in [5.74, 6) is -0.382. The molecular weight excluding hydrogens is 384 g/mol. The third-order valence-corrected chi connectivity index (χ3v) is 4.51. The summed E-state index contributed by atoms with van der Waals surface area (Å²) < 4.78 is 11.2. The fraction of sp³-hybridized carbons (Fsp3) is 0.0870. The predicted octanol–water partition coefficient (Wildman–Crippen LogP) is 4.52. The van der Waals surface area contributed by atoms with Gasteiger partial charge in [0.2, 0.25) is 5.89 Å². The molecule has 0 radical (unpaired) electrons. The first-order valence-electron chi connectivity index (χ1n) is 9.23. The van der Waals surface area contributed by atoms with Crippen molar-refractivity contribution in [3.63, 3.8) is 0 Å². The molecular formula is C23H18N2O5. The van der Waals surface area contributed by atoms with Gasteiger partial charge in [-0.1, -0.05) is 24.3 Å². The number of para-hydroxylation sites is 2. The quantitative estimate of drug-likeness (QED) is 0.492. The van der Waals surface area contributed by atoms with Gasteiger partial charge in [-0.2, -0.15) is 0 Å². The number of fused-ring (bicyclic) bond motifs is 1. The van der Waals surface area contributed by atoms with Crippen LogP contribution < -0.4 is 10.1 Å². The molecule has 1 aromatic heterocycles. The summed E-state index contributed by atoms with van der Waals surface area (Å²) in [6, 6.07) is 19.2. The zero-order valence-electron chi connectivity index (χ0n) is 16.1. The molecule has 0 aliphatic heterocycles. The third-order valence-electron chi connectivity index (χ3n) is 4.51. The third kappa shape index (κ3) is 4.00. The number of amides is 1. The lowest BCUT2D eigenvalue weighted by Crippen LogP contribution is -2.20. The van der Waals surface area contributed by atoms with Gasteiger partial charge in [-0.05, 0) is 55.0 Å². The number of nitrogens with zero attached hydrogens (tertiary/aromatic N) is 1. The number of hydrogen-bond acceptors (Lipinski definition) is 5. The van der Waals surface area contributed by atoms with Gasteiger partial charge in [-0.25, -0.2) is 9.78 Å². The van der Waals surface area contributed by atoms with Gasteiger partial charge in [0.15, 0.2) is 12.2 Å². The second-order valence-corrected chi connectivity index (χ2v) is 6.66. The van der Waals surface area contributed by atoms with Crippen LogP contribution in [0.25, 0.3) is 22.6 Å². The summed E-state index contributed by atoms with van der Waals surface area (Å²) in [4.78, 5) is 27.8. The molecule has 7 nitrogen and oxygen atoms in total. The van der Waals surface area contributed by atoms with Gasteiger partial charge in [0.05, 0.1) is 0 Å². The fourth-order valence-corrected chi connectivity index (χ4v) is 3.00. The number of aryl methyl sites for hydroxylation is 1. The Morgan fingerprint density at radius 1 is 1.03 bits per heavy atom. The van der Waals surface area contributed by atoms with E-state index in [2.05, 4.69) is 10.3 Å². The largest absolute Gasteiger partial charge is 0.483 e. The Balaban J connectivity index is 1.45. The Morgan fingerprint density at radius 2 is 1.80 bits per heavy atom. The SMILES string of the molecule is Cc1ccccc1OCC(=O)Nc1ccc(-c2nc3cccc(C(=O)O)c3o2)cc1. The van der Waals surface area contributed by atoms with Gasteiger partial charge in [0.25, 0.3) is 5.91 Å². The Kier molecular flexibility index (Phi) is 5.17. The minimum Gasteiger partial charge on any atom is -0.483 e. The van der Waals surface area contributed by atoms with Crippen LogP contribution >= 0.6 is 0 Å². The highest BCUT2D eigenvalue weighted by atomic mass is 16.5. The molecule has 0 fully saturated rings. The number of aromatic carboxylic acids is 1. The van der Waals surface area contributed by atoms with Gasteiger partial charge < -0.3 is 19.6 Å². The smallest absolute Gasteiger partial charge is 0.339 e. The van der Waals surface area contributed by atoms with Crippen molar-refractivity contribution in [1.82, 2.24) is 4.98 Å². The summed E-state index contributed by atoms with van der Waals surface area (Å²) in [5, 5.41) is 12.0. The highest BCUT2D eigenvalue weighted by Crippen LogP contribution is 2.27. The molecule has 0 saturated carbocycles. The van der Waals surface area contributed by atoms with Crippen molar-refractivity contribution in [2.45, 2.75) is 6.92 Å². The number of carbonyl (C=O) groups is 2. The van der Waals surface area contributed by atoms with Gasteiger partial charge >= 0.3 is 5.97 Å². The van der Waals surface area contributed by atoms with Crippen LogP contribution in [0.5, 0.6) is 5.75 Å². The van der Waals surface area contributed by atoms with Gasteiger partial charge in [-0.15, -0.1) is 0 Å². The first-order chi connectivity index (χ1) is 14.5. The molecule has 4 rings (SSSR count). The van der Waals surface area contributed by atoms with E-state index in [0.29, 0.717) is 28.4 Å². The predicted molar refractivity (Wildman–Crippen MR) is 112 cm³/mol. The second kappa shape index (κ2) is 8.08. The van der Waals surface area contributed by atoms with E-state index in [1.807, 2.05) is 31.2 Å². The molecule has 1 heterocycles. The lowest BCUT2D eigenvalue weighted by Gasteiger charge is -2.09. The molecule has 0 unspecified atom stereocenters. The number of carbonyl (C=O) groups excluding carboxylic acids is 1. The molecule has 4 aromatic rings. The van der Waals surface area contributed by atoms with E-state index in [-0.39, 0.29) is 23.7 Å². The van der Waals surface area contributed by atoms with Crippen LogP contribution in [0.4, 0.5) is 5.69 Å². The zero-order chi connectivity index (χ0) is 21.1. The molecule has 2 N–H and O–H groups in total. The topological polar surface area (TPSA) is 102 Å². The molecule has 0 saturated heterocycles. The monoisotopic (exact) mass is 402 g/mol. The van der Waals surface area contributed by atoms with E-state index in [1.165, 1.54) is 6.07 Å². The number of oxazole rings is 1. The van der Waals surface area contributed by atoms with Crippen molar-refractivity contribution in [3.8, 4) is 17.2 Å². The Bertz CT molecular complexity index is 1230. The van der Waals surface area contributed by atoms with Crippen LogP contribution in [0, 0.1) is 6.92 Å². The van der Waals surface area contributed by atoms with Crippen molar-refractivity contribution in [2.75, 3.05) is 11.9 Å². The molecule has 0 bridgehead atoms. The first kappa shape index (κ1) is 19.2. The van der Waals surface area contributed by atoms with E-state index in [9.17, 15) is 14.7 Å². The van der Waals surface area contributed by atoms with Crippen LogP contribution in [-0.4, -0.2) is 28.6 Å². The van der Waals surface area contributed by atoms with E-state index in [1.54, 1.807) is 36.4 Å². The van der Waals surface area contributed by atoms with Gasteiger partial charge in [0, 0.05) is 11.3 Å². The summed E-state index contributed by atoms with van der Waals surface area (Å²) in [7, 11) is 0. The number of rotatable bonds is 6. The minimum absolute atomic E-state index is 0.0591. The number of hydrogen-bond donors (Lipinski definition) is 2. The lowest BCUT2D eigenvalue weighted by molar-refractivity contribution is -0.118. The van der Waals surface area contributed by atoms with E-state index in [0.717, 1.165) is 5.56 Å². The van der Waals surface area contributed by atoms with Crippen LogP contribution in [0.3, 0.4) is 0 Å². The standard InChI is InChI=1S/C23H18N2O5/c1-14-5-2-3-8-19(14)29-13-20(26)24-16-11-9-15(10-12-16)22-25-18-7-4-6-17(23(27)28)21(18)30-22/h2-12H,13H2,1H3,(H,24,26)(H,27,28). The summed E-state index contributed by atoms with van der Waals surface area (Å²) >= 11 is 0. The average molecular weight is 402 g/mol. The zero-order valence-corrected chi connectivity index (χ0v) is 16.1. The van der Waals surface area contributed by atoms with Crippen molar-refractivity contribution in [2.24, 2.45) is 0 Å². The summed E-state index contributed by atoms with van der Waals surface area (Å²) in [5.41, 5.74) is 2.97. The highest BCUT2D eigenvalue weighted by Gasteiger charge is 2.15. The van der Waals surface area contributed by atoms with E-state index < -0.39 is 5.97 Å². The van der Waals surface area contributed by atoms with Gasteiger partial charge in [0.1, 0.15) is 16.8 Å². The van der Waals surface area contributed by atoms with Crippen LogP contribution in [0.15, 0.2) is 71.1 Å². The minimum atomic E-state index is -1.07. The summed E-state index contributed by atoms with van der Waals surface area (Å²) in [6.45, 7) is 1.81. The average Bonchev–Trinajstić information content (AvgIpc) is 3.18. The van der Waals surface area contributed by atoms with Crippen molar-refractivity contribution >= 4 is 28.7 Å². The molecule has 150 valence electrons. The number of carboxylic acids is 1. The number of nitrogens with one attached hydrogen (secondary N) is 1. The molecule has 1 amide bonds. The molecule has 0 atom stereocenters. The molecule has 0 spiro atoms. The highest BCUT2D eigenvalue weighted by molar-refractivity contribution is 6.00. The van der Waals surface area contributed by atoms with Crippen LogP contribution in [-0.2, 0) is 4.79 Å². The van der Waals surface area contributed by atoms with Gasteiger partial charge in [-0.3, -0.25) is 4.79 Å². The Labute approximate surface area is 171 Å².